The highest BCUT2D eigenvalue weighted by atomic mass is 35.5. The predicted octanol–water partition coefficient (Wildman–Crippen LogP) is 1.57. The van der Waals surface area contributed by atoms with Gasteiger partial charge in [-0.2, -0.15) is 0 Å². The minimum Gasteiger partial charge on any atom is -0.397 e. The number of anilines is 1. The molecule has 1 saturated carbocycles. The van der Waals surface area contributed by atoms with Crippen LogP contribution in [0.25, 0.3) is 0 Å². The number of nitrogens with two attached hydrogens (primary N) is 1. The van der Waals surface area contributed by atoms with Gasteiger partial charge in [0.2, 0.25) is 0 Å². The Balaban J connectivity index is 2.19. The lowest BCUT2D eigenvalue weighted by molar-refractivity contribution is 0.0680. The van der Waals surface area contributed by atoms with Gasteiger partial charge in [-0.3, -0.25) is 4.79 Å². The van der Waals surface area contributed by atoms with Gasteiger partial charge in [-0.25, -0.2) is 4.98 Å². The van der Waals surface area contributed by atoms with Gasteiger partial charge in [0.25, 0.3) is 5.91 Å². The van der Waals surface area contributed by atoms with Gasteiger partial charge < -0.3 is 15.4 Å². The van der Waals surface area contributed by atoms with Crippen molar-refractivity contribution in [3.8, 4) is 0 Å². The maximum Gasteiger partial charge on any atom is 0.257 e. The number of carbonyl (C=O) groups excluding carboxylic acids is 1. The zero-order chi connectivity index (χ0) is 13.1. The van der Waals surface area contributed by atoms with Gasteiger partial charge >= 0.3 is 0 Å². The Morgan fingerprint density at radius 1 is 1.67 bits per heavy atom. The first-order valence-electron chi connectivity index (χ1n) is 5.84. The average Bonchev–Trinajstić information content (AvgIpc) is 3.17. The predicted molar refractivity (Wildman–Crippen MR) is 69.6 cm³/mol. The van der Waals surface area contributed by atoms with Crippen LogP contribution < -0.4 is 5.73 Å². The van der Waals surface area contributed by atoms with E-state index >= 15 is 0 Å². The van der Waals surface area contributed by atoms with E-state index in [1.54, 1.807) is 18.1 Å². The summed E-state index contributed by atoms with van der Waals surface area (Å²) in [6, 6.07) is 1.87. The van der Waals surface area contributed by atoms with Crippen molar-refractivity contribution in [1.82, 2.24) is 9.88 Å². The van der Waals surface area contributed by atoms with Crippen molar-refractivity contribution in [1.29, 1.82) is 0 Å². The molecular formula is C12H16ClN3O2. The van der Waals surface area contributed by atoms with Crippen LogP contribution in [0.2, 0.25) is 5.15 Å². The van der Waals surface area contributed by atoms with E-state index in [4.69, 9.17) is 22.1 Å². The van der Waals surface area contributed by atoms with Crippen LogP contribution in [0.4, 0.5) is 5.69 Å². The average molecular weight is 270 g/mol. The SMILES string of the molecule is COCCN(C(=O)c1cc(N)cnc1Cl)C1CC1. The van der Waals surface area contributed by atoms with Crippen LogP contribution in [0.15, 0.2) is 12.3 Å². The van der Waals surface area contributed by atoms with Crippen molar-refractivity contribution in [2.75, 3.05) is 26.0 Å². The number of methoxy groups -OCH3 is 1. The number of aromatic nitrogens is 1. The number of hydrogen-bond donors (Lipinski definition) is 1. The molecule has 0 saturated heterocycles. The summed E-state index contributed by atoms with van der Waals surface area (Å²) >= 11 is 5.95. The number of hydrogen-bond acceptors (Lipinski definition) is 4. The Morgan fingerprint density at radius 2 is 2.39 bits per heavy atom. The number of amides is 1. The molecule has 1 aromatic rings. The summed E-state index contributed by atoms with van der Waals surface area (Å²) in [4.78, 5) is 18.1. The molecule has 1 aromatic heterocycles. The minimum atomic E-state index is -0.126. The molecular weight excluding hydrogens is 254 g/mol. The summed E-state index contributed by atoms with van der Waals surface area (Å²) in [6.07, 6.45) is 3.50. The third-order valence-corrected chi connectivity index (χ3v) is 3.18. The molecule has 1 amide bonds. The zero-order valence-corrected chi connectivity index (χ0v) is 11.0. The minimum absolute atomic E-state index is 0.126. The first kappa shape index (κ1) is 13.1. The lowest BCUT2D eigenvalue weighted by atomic mass is 10.2. The fourth-order valence-electron chi connectivity index (χ4n) is 1.79. The molecule has 0 bridgehead atoms. The molecule has 1 heterocycles. The van der Waals surface area contributed by atoms with Gasteiger partial charge in [-0.15, -0.1) is 0 Å². The third-order valence-electron chi connectivity index (χ3n) is 2.88. The zero-order valence-electron chi connectivity index (χ0n) is 10.2. The first-order valence-corrected chi connectivity index (χ1v) is 6.22. The summed E-state index contributed by atoms with van der Waals surface area (Å²) in [5, 5.41) is 0.192. The van der Waals surface area contributed by atoms with Crippen LogP contribution in [-0.2, 0) is 4.74 Å². The van der Waals surface area contributed by atoms with Gasteiger partial charge in [-0.05, 0) is 18.9 Å². The molecule has 1 aliphatic rings. The van der Waals surface area contributed by atoms with E-state index in [1.807, 2.05) is 0 Å². The van der Waals surface area contributed by atoms with E-state index in [0.717, 1.165) is 12.8 Å². The molecule has 1 fully saturated rings. The standard InChI is InChI=1S/C12H16ClN3O2/c1-18-5-4-16(9-2-3-9)12(17)10-6-8(14)7-15-11(10)13/h6-7,9H,2-5,14H2,1H3. The van der Waals surface area contributed by atoms with Crippen molar-refractivity contribution in [3.05, 3.63) is 23.0 Å². The van der Waals surface area contributed by atoms with Crippen molar-refractivity contribution >= 4 is 23.2 Å². The van der Waals surface area contributed by atoms with Crippen LogP contribution >= 0.6 is 11.6 Å². The highest BCUT2D eigenvalue weighted by Crippen LogP contribution is 2.29. The largest absolute Gasteiger partial charge is 0.397 e. The molecule has 18 heavy (non-hydrogen) atoms. The summed E-state index contributed by atoms with van der Waals surface area (Å²) in [5.74, 6) is -0.126. The van der Waals surface area contributed by atoms with Crippen molar-refractivity contribution in [2.24, 2.45) is 0 Å². The van der Waals surface area contributed by atoms with Gasteiger partial charge in [0.15, 0.2) is 0 Å². The molecule has 0 aliphatic heterocycles. The number of halogens is 1. The normalized spacial score (nSPS) is 14.6. The quantitative estimate of drug-likeness (QED) is 0.824. The maximum atomic E-state index is 12.4. The highest BCUT2D eigenvalue weighted by Gasteiger charge is 2.33. The van der Waals surface area contributed by atoms with E-state index < -0.39 is 0 Å². The lowest BCUT2D eigenvalue weighted by Crippen LogP contribution is -2.36. The van der Waals surface area contributed by atoms with Crippen LogP contribution in [0.5, 0.6) is 0 Å². The summed E-state index contributed by atoms with van der Waals surface area (Å²) in [5.41, 5.74) is 6.44. The molecule has 98 valence electrons. The topological polar surface area (TPSA) is 68.5 Å². The summed E-state index contributed by atoms with van der Waals surface area (Å²) in [6.45, 7) is 1.07. The van der Waals surface area contributed by atoms with Crippen LogP contribution in [0.1, 0.15) is 23.2 Å². The van der Waals surface area contributed by atoms with Crippen LogP contribution in [-0.4, -0.2) is 42.1 Å². The number of nitrogen functional groups attached to an aromatic ring is 1. The van der Waals surface area contributed by atoms with Gasteiger partial charge in [0.05, 0.1) is 24.1 Å². The summed E-state index contributed by atoms with van der Waals surface area (Å²) in [7, 11) is 1.62. The fraction of sp³-hybridized carbons (Fsp3) is 0.500. The highest BCUT2D eigenvalue weighted by molar-refractivity contribution is 6.32. The van der Waals surface area contributed by atoms with Crippen molar-refractivity contribution in [3.63, 3.8) is 0 Å². The Bertz CT molecular complexity index is 449. The number of nitrogens with zero attached hydrogens (tertiary/aromatic N) is 2. The molecule has 0 atom stereocenters. The van der Waals surface area contributed by atoms with Crippen molar-refractivity contribution in [2.45, 2.75) is 18.9 Å². The molecule has 5 nitrogen and oxygen atoms in total. The van der Waals surface area contributed by atoms with E-state index in [2.05, 4.69) is 4.98 Å². The summed E-state index contributed by atoms with van der Waals surface area (Å²) < 4.78 is 5.02. The Morgan fingerprint density at radius 3 is 3.00 bits per heavy atom. The Hall–Kier alpha value is -1.33. The number of rotatable bonds is 5. The Kier molecular flexibility index (Phi) is 4.04. The molecule has 6 heteroatoms. The second-order valence-corrected chi connectivity index (χ2v) is 4.69. The number of ether oxygens (including phenoxy) is 1. The van der Waals surface area contributed by atoms with E-state index in [1.165, 1.54) is 6.20 Å². The van der Waals surface area contributed by atoms with Crippen molar-refractivity contribution < 1.29 is 9.53 Å². The Labute approximate surface area is 111 Å². The monoisotopic (exact) mass is 269 g/mol. The molecule has 0 spiro atoms. The van der Waals surface area contributed by atoms with Gasteiger partial charge in [-0.1, -0.05) is 11.6 Å². The first-order chi connectivity index (χ1) is 8.63. The number of carbonyl (C=O) groups is 1. The smallest absolute Gasteiger partial charge is 0.257 e. The number of pyridine rings is 1. The lowest BCUT2D eigenvalue weighted by Gasteiger charge is -2.22. The van der Waals surface area contributed by atoms with Gasteiger partial charge in [0, 0.05) is 19.7 Å². The molecule has 0 unspecified atom stereocenters. The molecule has 1 aliphatic carbocycles. The van der Waals surface area contributed by atoms with Crippen LogP contribution in [0.3, 0.4) is 0 Å². The molecule has 2 N–H and O–H groups in total. The third kappa shape index (κ3) is 2.91. The fourth-order valence-corrected chi connectivity index (χ4v) is 1.98. The molecule has 2 rings (SSSR count). The second-order valence-electron chi connectivity index (χ2n) is 4.33. The molecule has 0 aromatic carbocycles. The maximum absolute atomic E-state index is 12.4. The van der Waals surface area contributed by atoms with E-state index in [0.29, 0.717) is 30.4 Å². The molecule has 0 radical (unpaired) electrons. The van der Waals surface area contributed by atoms with E-state index in [-0.39, 0.29) is 11.1 Å². The van der Waals surface area contributed by atoms with Crippen LogP contribution in [0, 0.1) is 0 Å². The van der Waals surface area contributed by atoms with Gasteiger partial charge in [0.1, 0.15) is 5.15 Å². The second kappa shape index (κ2) is 5.54. The van der Waals surface area contributed by atoms with E-state index in [9.17, 15) is 4.79 Å².